The van der Waals surface area contributed by atoms with E-state index in [1.165, 1.54) is 31.2 Å². The highest BCUT2D eigenvalue weighted by Crippen LogP contribution is 2.19. The van der Waals surface area contributed by atoms with Crippen LogP contribution in [0.5, 0.6) is 5.75 Å². The second-order valence-corrected chi connectivity index (χ2v) is 15.9. The molecule has 2 aromatic carbocycles. The highest BCUT2D eigenvalue weighted by atomic mass is 16.4. The van der Waals surface area contributed by atoms with Crippen LogP contribution in [0.3, 0.4) is 0 Å². The number of carboxylic acid groups (broad SMARTS) is 2. The van der Waals surface area contributed by atoms with Crippen LogP contribution >= 0.6 is 0 Å². The number of benzene rings is 2. The van der Waals surface area contributed by atoms with Gasteiger partial charge in [-0.2, -0.15) is 0 Å². The predicted molar refractivity (Wildman–Crippen MR) is 241 cm³/mol. The first kappa shape index (κ1) is 56.6. The van der Waals surface area contributed by atoms with Crippen molar-refractivity contribution in [1.29, 1.82) is 0 Å². The summed E-state index contributed by atoms with van der Waals surface area (Å²) in [4.78, 5) is 132. The molecule has 18 N–H and O–H groups in total. The largest absolute Gasteiger partial charge is 0.508 e. The Balaban J connectivity index is 1.78. The molecule has 0 spiro atoms. The zero-order valence-corrected chi connectivity index (χ0v) is 37.8. The van der Waals surface area contributed by atoms with Gasteiger partial charge in [-0.1, -0.05) is 30.3 Å². The molecule has 0 radical (unpaired) electrons. The number of H-pyrrole nitrogens is 1. The van der Waals surface area contributed by atoms with Gasteiger partial charge in [0.05, 0.1) is 38.5 Å². The van der Waals surface area contributed by atoms with E-state index in [9.17, 15) is 83.7 Å². The number of nitrogens with two attached hydrogens (primary N) is 1. The number of para-hydroxylation sites is 1. The van der Waals surface area contributed by atoms with Crippen LogP contribution in [0.2, 0.25) is 0 Å². The van der Waals surface area contributed by atoms with Crippen LogP contribution in [0.1, 0.15) is 37.8 Å². The third-order valence-electron chi connectivity index (χ3n) is 10.4. The molecule has 0 unspecified atom stereocenters. The Kier molecular flexibility index (Phi) is 22.1. The molecule has 0 aliphatic heterocycles. The molecular weight excluding hydrogens is 929 g/mol. The number of carbonyl (C=O) groups is 10. The van der Waals surface area contributed by atoms with Crippen LogP contribution in [0, 0.1) is 0 Å². The maximum Gasteiger partial charge on any atom is 0.328 e. The molecule has 382 valence electrons. The highest BCUT2D eigenvalue weighted by Gasteiger charge is 2.35. The number of phenols is 1. The van der Waals surface area contributed by atoms with E-state index in [4.69, 9.17) is 5.73 Å². The number of aromatic hydroxyl groups is 1. The maximum atomic E-state index is 13.9. The molecule has 70 heavy (non-hydrogen) atoms. The first-order valence-electron chi connectivity index (χ1n) is 21.5. The zero-order valence-electron chi connectivity index (χ0n) is 37.8. The van der Waals surface area contributed by atoms with Crippen molar-refractivity contribution in [2.24, 2.45) is 5.73 Å². The van der Waals surface area contributed by atoms with Crippen molar-refractivity contribution in [2.45, 2.75) is 94.0 Å². The third kappa shape index (κ3) is 17.7. The Morgan fingerprint density at radius 1 is 0.600 bits per heavy atom. The van der Waals surface area contributed by atoms with Crippen LogP contribution in [0.15, 0.2) is 54.7 Å². The molecule has 3 rings (SSSR count). The summed E-state index contributed by atoms with van der Waals surface area (Å²) in [5.74, 6) is -11.7. The summed E-state index contributed by atoms with van der Waals surface area (Å²) in [6.07, 6.45) is -3.31. The Bertz CT molecular complexity index is 2340. The molecule has 1 heterocycles. The number of aliphatic carboxylic acids is 2. The average Bonchev–Trinajstić information content (AvgIpc) is 3.72. The van der Waals surface area contributed by atoms with Crippen LogP contribution in [-0.2, 0) is 60.8 Å². The average molecular weight is 987 g/mol. The van der Waals surface area contributed by atoms with Crippen molar-refractivity contribution in [1.82, 2.24) is 47.5 Å². The minimum Gasteiger partial charge on any atom is -0.508 e. The van der Waals surface area contributed by atoms with Gasteiger partial charge in [-0.15, -0.1) is 0 Å². The van der Waals surface area contributed by atoms with Crippen LogP contribution in [-0.4, -0.2) is 181 Å². The molecule has 0 bridgehead atoms. The molecule has 0 aliphatic rings. The van der Waals surface area contributed by atoms with E-state index in [2.05, 4.69) is 47.5 Å². The predicted octanol–water partition coefficient (Wildman–Crippen LogP) is -6.18. The minimum absolute atomic E-state index is 0.158. The SMILES string of the molecule is C[C@@H](O)[C@H](N)C(=O)NCC(=O)N[C@@H](CO)C(=O)N[C@@H](Cc1ccc(O)cc1)C(=O)N[C@H](C(=O)N[C@@H](CCC(=O)O)C(=O)NCC(=O)N[C@@H](Cc1c[nH]c2ccccc12)C(=O)N[C@@H](CO)C(=O)O)[C@@H](C)O. The second kappa shape index (κ2) is 27.3. The topological polar surface area (TPSA) is 450 Å². The van der Waals surface area contributed by atoms with Crippen molar-refractivity contribution in [3.05, 3.63) is 65.9 Å². The van der Waals surface area contributed by atoms with Crippen molar-refractivity contribution in [2.75, 3.05) is 26.3 Å². The molecule has 0 saturated heterocycles. The van der Waals surface area contributed by atoms with E-state index in [1.807, 2.05) is 0 Å². The number of aliphatic hydroxyl groups excluding tert-OH is 4. The van der Waals surface area contributed by atoms with Crippen molar-refractivity contribution in [3.63, 3.8) is 0 Å². The molecular formula is C43H58N10O17. The normalized spacial score (nSPS) is 14.9. The number of nitrogens with one attached hydrogen (secondary N) is 9. The number of rotatable bonds is 28. The minimum atomic E-state index is -1.92. The molecule has 0 fully saturated rings. The number of hydrogen-bond acceptors (Lipinski definition) is 16. The Morgan fingerprint density at radius 2 is 1.13 bits per heavy atom. The molecule has 1 aromatic heterocycles. The summed E-state index contributed by atoms with van der Waals surface area (Å²) in [5.41, 5.74) is 7.06. The molecule has 3 aromatic rings. The van der Waals surface area contributed by atoms with Gasteiger partial charge in [0.1, 0.15) is 48.0 Å². The lowest BCUT2D eigenvalue weighted by Crippen LogP contribution is -2.61. The second-order valence-electron chi connectivity index (χ2n) is 15.9. The zero-order chi connectivity index (χ0) is 52.2. The lowest BCUT2D eigenvalue weighted by Gasteiger charge is -2.27. The summed E-state index contributed by atoms with van der Waals surface area (Å²) in [6, 6.07) is 0.591. The quantitative estimate of drug-likeness (QED) is 0.0322. The number of phenolic OH excluding ortho intramolecular Hbond substituents is 1. The van der Waals surface area contributed by atoms with Gasteiger partial charge in [0.25, 0.3) is 0 Å². The van der Waals surface area contributed by atoms with E-state index in [0.29, 0.717) is 22.0 Å². The van der Waals surface area contributed by atoms with Gasteiger partial charge in [-0.05, 0) is 49.6 Å². The fourth-order valence-electron chi connectivity index (χ4n) is 6.47. The molecule has 9 atom stereocenters. The molecule has 0 saturated carbocycles. The molecule has 27 heteroatoms. The number of hydrogen-bond donors (Lipinski definition) is 17. The summed E-state index contributed by atoms with van der Waals surface area (Å²) < 4.78 is 0. The summed E-state index contributed by atoms with van der Waals surface area (Å²) >= 11 is 0. The number of amides is 8. The van der Waals surface area contributed by atoms with Gasteiger partial charge in [0.15, 0.2) is 0 Å². The lowest BCUT2D eigenvalue weighted by atomic mass is 10.0. The lowest BCUT2D eigenvalue weighted by molar-refractivity contribution is -0.143. The van der Waals surface area contributed by atoms with Gasteiger partial charge in [0, 0.05) is 36.4 Å². The molecule has 8 amide bonds. The summed E-state index contributed by atoms with van der Waals surface area (Å²) in [6.45, 7) is -1.31. The first-order valence-corrected chi connectivity index (χ1v) is 21.5. The standard InChI is InChI=1S/C43H58N10O17/c1-20(56)35(44)41(67)47-17-33(60)49-30(18-54)40(66)51-28(13-22-7-9-24(58)10-8-22)39(65)53-36(21(2)57)42(68)50-27(11-12-34(61)62)37(63)46-16-32(59)48-29(38(64)52-31(19-55)43(69)70)14-23-15-45-26-6-4-3-5-25(23)26/h3-10,15,20-21,27-31,35-36,45,54-58H,11-14,16-19,44H2,1-2H3,(H,46,63)(H,47,67)(H,48,59)(H,49,60)(H,50,68)(H,51,66)(H,52,64)(H,53,65)(H,61,62)(H,69,70)/t20-,21-,27+,28+,29+,30+,31+,35+,36+/m1/s1. The van der Waals surface area contributed by atoms with Gasteiger partial charge in [-0.25, -0.2) is 4.79 Å². The number of aromatic nitrogens is 1. The Morgan fingerprint density at radius 3 is 1.70 bits per heavy atom. The van der Waals surface area contributed by atoms with E-state index in [0.717, 1.165) is 6.92 Å². The third-order valence-corrected chi connectivity index (χ3v) is 10.4. The summed E-state index contributed by atoms with van der Waals surface area (Å²) in [7, 11) is 0. The summed E-state index contributed by atoms with van der Waals surface area (Å²) in [5, 5.41) is 86.6. The number of aliphatic hydroxyl groups is 4. The van der Waals surface area contributed by atoms with E-state index in [-0.39, 0.29) is 18.6 Å². The van der Waals surface area contributed by atoms with Crippen LogP contribution in [0.25, 0.3) is 10.9 Å². The van der Waals surface area contributed by atoms with Gasteiger partial charge in [-0.3, -0.25) is 43.2 Å². The molecule has 0 aliphatic carbocycles. The fraction of sp³-hybridized carbons (Fsp3) is 0.442. The van der Waals surface area contributed by atoms with Crippen LogP contribution < -0.4 is 48.3 Å². The monoisotopic (exact) mass is 986 g/mol. The highest BCUT2D eigenvalue weighted by molar-refractivity contribution is 5.98. The van der Waals surface area contributed by atoms with Crippen molar-refractivity contribution in [3.8, 4) is 5.75 Å². The van der Waals surface area contributed by atoms with Crippen LogP contribution in [0.4, 0.5) is 0 Å². The number of aromatic amines is 1. The molecule has 27 nitrogen and oxygen atoms in total. The fourth-order valence-corrected chi connectivity index (χ4v) is 6.47. The maximum absolute atomic E-state index is 13.9. The van der Waals surface area contributed by atoms with Gasteiger partial charge >= 0.3 is 11.9 Å². The first-order chi connectivity index (χ1) is 33.0. The van der Waals surface area contributed by atoms with Crippen molar-refractivity contribution >= 4 is 70.1 Å². The van der Waals surface area contributed by atoms with Gasteiger partial charge in [0.2, 0.25) is 47.3 Å². The Labute approximate surface area is 398 Å². The Hall–Kier alpha value is -7.72. The smallest absolute Gasteiger partial charge is 0.328 e. The van der Waals surface area contributed by atoms with Gasteiger partial charge < -0.3 is 89.0 Å². The van der Waals surface area contributed by atoms with E-state index in [1.54, 1.807) is 30.5 Å². The van der Waals surface area contributed by atoms with Crippen molar-refractivity contribution < 1.29 is 83.7 Å². The van der Waals surface area contributed by atoms with E-state index >= 15 is 0 Å². The van der Waals surface area contributed by atoms with E-state index < -0.39 is 153 Å². The number of carbonyl (C=O) groups excluding carboxylic acids is 8. The number of carboxylic acids is 2. The number of fused-ring (bicyclic) bond motifs is 1.